The first-order valence-corrected chi connectivity index (χ1v) is 6.47. The molecule has 4 heteroatoms. The van der Waals surface area contributed by atoms with Gasteiger partial charge in [-0.3, -0.25) is 9.78 Å². The number of nitrogens with one attached hydrogen (secondary N) is 1. The van der Waals surface area contributed by atoms with E-state index in [9.17, 15) is 4.79 Å². The van der Waals surface area contributed by atoms with E-state index in [0.29, 0.717) is 11.5 Å². The molecule has 98 valence electrons. The highest BCUT2D eigenvalue weighted by atomic mass is 16.1. The lowest BCUT2D eigenvalue weighted by Gasteiger charge is -2.05. The van der Waals surface area contributed by atoms with Gasteiger partial charge in [-0.1, -0.05) is 19.4 Å². The van der Waals surface area contributed by atoms with Gasteiger partial charge in [0.1, 0.15) is 11.5 Å². The van der Waals surface area contributed by atoms with Crippen molar-refractivity contribution in [2.45, 2.75) is 26.2 Å². The maximum atomic E-state index is 12.0. The van der Waals surface area contributed by atoms with Crippen LogP contribution >= 0.6 is 0 Å². The zero-order valence-electron chi connectivity index (χ0n) is 11.0. The van der Waals surface area contributed by atoms with Crippen molar-refractivity contribution in [1.82, 2.24) is 9.97 Å². The molecular formula is C15H17N3O. The second-order valence-electron chi connectivity index (χ2n) is 4.32. The van der Waals surface area contributed by atoms with Crippen LogP contribution in [0.3, 0.4) is 0 Å². The molecule has 0 spiro atoms. The number of hydrogen-bond donors (Lipinski definition) is 1. The molecular weight excluding hydrogens is 238 g/mol. The second kappa shape index (κ2) is 6.64. The summed E-state index contributed by atoms with van der Waals surface area (Å²) in [5.41, 5.74) is 1.57. The molecule has 0 aliphatic carbocycles. The van der Waals surface area contributed by atoms with Crippen LogP contribution in [0.1, 0.15) is 35.8 Å². The van der Waals surface area contributed by atoms with Crippen LogP contribution in [-0.4, -0.2) is 15.9 Å². The Bertz CT molecular complexity index is 540. The van der Waals surface area contributed by atoms with Crippen molar-refractivity contribution in [3.8, 4) is 0 Å². The largest absolute Gasteiger partial charge is 0.305 e. The fourth-order valence-electron chi connectivity index (χ4n) is 1.75. The summed E-state index contributed by atoms with van der Waals surface area (Å²) in [5.74, 6) is 0.310. The quantitative estimate of drug-likeness (QED) is 0.893. The van der Waals surface area contributed by atoms with Crippen molar-refractivity contribution < 1.29 is 4.79 Å². The topological polar surface area (TPSA) is 54.9 Å². The van der Waals surface area contributed by atoms with Crippen LogP contribution in [0.15, 0.2) is 42.7 Å². The molecule has 0 fully saturated rings. The van der Waals surface area contributed by atoms with Crippen molar-refractivity contribution in [3.63, 3.8) is 0 Å². The minimum Gasteiger partial charge on any atom is -0.305 e. The van der Waals surface area contributed by atoms with Crippen LogP contribution in [0, 0.1) is 0 Å². The lowest BCUT2D eigenvalue weighted by Crippen LogP contribution is -2.14. The number of aryl methyl sites for hydroxylation is 1. The molecule has 0 atom stereocenters. The van der Waals surface area contributed by atoms with E-state index in [1.54, 1.807) is 24.5 Å². The second-order valence-corrected chi connectivity index (χ2v) is 4.32. The van der Waals surface area contributed by atoms with Gasteiger partial charge in [-0.05, 0) is 42.7 Å². The molecule has 0 saturated carbocycles. The summed E-state index contributed by atoms with van der Waals surface area (Å²) in [7, 11) is 0. The molecule has 0 aromatic carbocycles. The minimum absolute atomic E-state index is 0.225. The summed E-state index contributed by atoms with van der Waals surface area (Å²) in [6.07, 6.45) is 6.55. The number of nitrogens with zero attached hydrogens (tertiary/aromatic N) is 2. The van der Waals surface area contributed by atoms with Crippen LogP contribution in [0.25, 0.3) is 0 Å². The Labute approximate surface area is 112 Å². The first kappa shape index (κ1) is 13.2. The van der Waals surface area contributed by atoms with E-state index in [2.05, 4.69) is 22.2 Å². The fraction of sp³-hybridized carbons (Fsp3) is 0.267. The Morgan fingerprint density at radius 3 is 2.84 bits per heavy atom. The van der Waals surface area contributed by atoms with Gasteiger partial charge in [-0.25, -0.2) is 4.98 Å². The van der Waals surface area contributed by atoms with Crippen LogP contribution in [0.5, 0.6) is 0 Å². The number of amides is 1. The Morgan fingerprint density at radius 1 is 1.21 bits per heavy atom. The smallest absolute Gasteiger partial charge is 0.275 e. The summed E-state index contributed by atoms with van der Waals surface area (Å²) in [6, 6.07) is 9.17. The Balaban J connectivity index is 2.06. The molecule has 0 aliphatic heterocycles. The molecule has 2 aromatic rings. The van der Waals surface area contributed by atoms with Crippen molar-refractivity contribution in [1.29, 1.82) is 0 Å². The molecule has 19 heavy (non-hydrogen) atoms. The van der Waals surface area contributed by atoms with E-state index in [4.69, 9.17) is 0 Å². The van der Waals surface area contributed by atoms with Gasteiger partial charge in [-0.2, -0.15) is 0 Å². The van der Waals surface area contributed by atoms with Crippen molar-refractivity contribution in [2.24, 2.45) is 0 Å². The summed E-state index contributed by atoms with van der Waals surface area (Å²) < 4.78 is 0. The Kier molecular flexibility index (Phi) is 4.61. The van der Waals surface area contributed by atoms with E-state index in [1.807, 2.05) is 18.2 Å². The van der Waals surface area contributed by atoms with Crippen molar-refractivity contribution >= 4 is 11.7 Å². The van der Waals surface area contributed by atoms with Gasteiger partial charge in [0, 0.05) is 12.4 Å². The molecule has 2 heterocycles. The molecule has 0 aliphatic rings. The first-order valence-electron chi connectivity index (χ1n) is 6.47. The van der Waals surface area contributed by atoms with Crippen LogP contribution in [0.4, 0.5) is 5.82 Å². The van der Waals surface area contributed by atoms with Gasteiger partial charge < -0.3 is 5.32 Å². The van der Waals surface area contributed by atoms with E-state index in [-0.39, 0.29) is 5.91 Å². The zero-order chi connectivity index (χ0) is 13.5. The van der Waals surface area contributed by atoms with Crippen LogP contribution < -0.4 is 5.32 Å². The van der Waals surface area contributed by atoms with Crippen LogP contribution in [-0.2, 0) is 6.42 Å². The summed E-state index contributed by atoms with van der Waals surface area (Å²) in [4.78, 5) is 20.2. The van der Waals surface area contributed by atoms with Gasteiger partial charge in [0.15, 0.2) is 0 Å². The van der Waals surface area contributed by atoms with Crippen molar-refractivity contribution in [3.05, 3.63) is 54.0 Å². The van der Waals surface area contributed by atoms with E-state index < -0.39 is 0 Å². The maximum Gasteiger partial charge on any atom is 0.275 e. The van der Waals surface area contributed by atoms with E-state index in [1.165, 1.54) is 0 Å². The Morgan fingerprint density at radius 2 is 2.11 bits per heavy atom. The highest BCUT2D eigenvalue weighted by Crippen LogP contribution is 2.08. The summed E-state index contributed by atoms with van der Waals surface area (Å²) in [6.45, 7) is 2.15. The number of aromatic nitrogens is 2. The predicted molar refractivity (Wildman–Crippen MR) is 75.0 cm³/mol. The molecule has 0 radical (unpaired) electrons. The van der Waals surface area contributed by atoms with Gasteiger partial charge in [0.25, 0.3) is 5.91 Å². The SMILES string of the molecule is CCCCc1ccnc(C(=O)Nc2ccccn2)c1. The lowest BCUT2D eigenvalue weighted by molar-refractivity contribution is 0.102. The van der Waals surface area contributed by atoms with Gasteiger partial charge in [0.2, 0.25) is 0 Å². The van der Waals surface area contributed by atoms with Crippen molar-refractivity contribution in [2.75, 3.05) is 5.32 Å². The normalized spacial score (nSPS) is 10.2. The highest BCUT2D eigenvalue weighted by molar-refractivity contribution is 6.02. The summed E-state index contributed by atoms with van der Waals surface area (Å²) in [5, 5.41) is 2.73. The number of carbonyl (C=O) groups is 1. The Hall–Kier alpha value is -2.23. The third-order valence-electron chi connectivity index (χ3n) is 2.78. The number of pyridine rings is 2. The third-order valence-corrected chi connectivity index (χ3v) is 2.78. The molecule has 0 unspecified atom stereocenters. The molecule has 0 bridgehead atoms. The third kappa shape index (κ3) is 3.88. The van der Waals surface area contributed by atoms with Gasteiger partial charge in [0.05, 0.1) is 0 Å². The lowest BCUT2D eigenvalue weighted by atomic mass is 10.1. The average Bonchev–Trinajstić information content (AvgIpc) is 2.46. The zero-order valence-corrected chi connectivity index (χ0v) is 11.0. The van der Waals surface area contributed by atoms with E-state index in [0.717, 1.165) is 24.8 Å². The maximum absolute atomic E-state index is 12.0. The van der Waals surface area contributed by atoms with Crippen LogP contribution in [0.2, 0.25) is 0 Å². The van der Waals surface area contributed by atoms with Gasteiger partial charge in [-0.15, -0.1) is 0 Å². The molecule has 1 N–H and O–H groups in total. The molecule has 2 aromatic heterocycles. The standard InChI is InChI=1S/C15H17N3O/c1-2-3-6-12-8-10-16-13(11-12)15(19)18-14-7-4-5-9-17-14/h4-5,7-11H,2-3,6H2,1H3,(H,17,18,19). The highest BCUT2D eigenvalue weighted by Gasteiger charge is 2.08. The molecule has 0 saturated heterocycles. The molecule has 2 rings (SSSR count). The predicted octanol–water partition coefficient (Wildman–Crippen LogP) is 3.07. The summed E-state index contributed by atoms with van der Waals surface area (Å²) >= 11 is 0. The monoisotopic (exact) mass is 255 g/mol. The average molecular weight is 255 g/mol. The van der Waals surface area contributed by atoms with E-state index >= 15 is 0 Å². The number of anilines is 1. The minimum atomic E-state index is -0.225. The first-order chi connectivity index (χ1) is 9.29. The fourth-order valence-corrected chi connectivity index (χ4v) is 1.75. The molecule has 1 amide bonds. The molecule has 4 nitrogen and oxygen atoms in total. The number of rotatable bonds is 5. The number of unbranched alkanes of at least 4 members (excludes halogenated alkanes) is 1. The van der Waals surface area contributed by atoms with Gasteiger partial charge >= 0.3 is 0 Å². The number of hydrogen-bond acceptors (Lipinski definition) is 3. The number of carbonyl (C=O) groups excluding carboxylic acids is 1.